The molecule has 1 heterocycles. The fourth-order valence-electron chi connectivity index (χ4n) is 2.02. The lowest BCUT2D eigenvalue weighted by molar-refractivity contribution is -0.118. The quantitative estimate of drug-likeness (QED) is 0.757. The van der Waals surface area contributed by atoms with Crippen molar-refractivity contribution < 1.29 is 14.3 Å². The van der Waals surface area contributed by atoms with E-state index >= 15 is 0 Å². The highest BCUT2D eigenvalue weighted by atomic mass is 16.5. The van der Waals surface area contributed by atoms with Crippen LogP contribution in [0.4, 0.5) is 0 Å². The Bertz CT molecular complexity index is 485. The normalized spacial score (nSPS) is 13.2. The summed E-state index contributed by atoms with van der Waals surface area (Å²) < 4.78 is 5.38. The van der Waals surface area contributed by atoms with E-state index in [1.807, 2.05) is 12.1 Å². The zero-order valence-corrected chi connectivity index (χ0v) is 10.3. The average molecular weight is 248 g/mol. The first kappa shape index (κ1) is 12.6. The maximum Gasteiger partial charge on any atom is 0.231 e. The van der Waals surface area contributed by atoms with Gasteiger partial charge in [0.25, 0.3) is 0 Å². The number of nitrogens with zero attached hydrogens (tertiary/aromatic N) is 1. The molecule has 1 aromatic carbocycles. The number of ketones is 1. The van der Waals surface area contributed by atoms with Gasteiger partial charge in [0.15, 0.2) is 5.78 Å². The number of carbonyl (C=O) groups is 2. The molecule has 0 aromatic heterocycles. The molecule has 0 bridgehead atoms. The van der Waals surface area contributed by atoms with Crippen LogP contribution in [0.3, 0.4) is 0 Å². The average Bonchev–Trinajstić information content (AvgIpc) is 2.74. The highest BCUT2D eigenvalue weighted by Crippen LogP contribution is 2.25. The van der Waals surface area contributed by atoms with Gasteiger partial charge in [-0.15, -0.1) is 0 Å². The molecule has 0 aliphatic carbocycles. The number of carbonyl (C=O) groups excluding carboxylic acids is 2. The molecule has 0 atom stereocenters. The number of primary amides is 1. The van der Waals surface area contributed by atoms with Crippen molar-refractivity contribution in [2.45, 2.75) is 6.42 Å². The maximum absolute atomic E-state index is 12.0. The molecule has 18 heavy (non-hydrogen) atoms. The van der Waals surface area contributed by atoms with Gasteiger partial charge < -0.3 is 10.5 Å². The molecule has 0 radical (unpaired) electrons. The monoisotopic (exact) mass is 248 g/mol. The van der Waals surface area contributed by atoms with Crippen molar-refractivity contribution in [1.29, 1.82) is 0 Å². The number of hydrogen-bond acceptors (Lipinski definition) is 4. The van der Waals surface area contributed by atoms with Crippen LogP contribution in [0.15, 0.2) is 18.2 Å². The molecule has 5 heteroatoms. The van der Waals surface area contributed by atoms with Crippen molar-refractivity contribution in [2.24, 2.45) is 5.73 Å². The lowest BCUT2D eigenvalue weighted by Crippen LogP contribution is -2.34. The van der Waals surface area contributed by atoms with Gasteiger partial charge in [-0.3, -0.25) is 14.5 Å². The Kier molecular flexibility index (Phi) is 3.62. The molecular weight excluding hydrogens is 232 g/mol. The van der Waals surface area contributed by atoms with Gasteiger partial charge in [-0.05, 0) is 30.8 Å². The molecule has 0 unspecified atom stereocenters. The first-order valence-electron chi connectivity index (χ1n) is 5.82. The molecule has 1 amide bonds. The van der Waals surface area contributed by atoms with Crippen LogP contribution in [0.1, 0.15) is 15.9 Å². The molecule has 1 aromatic rings. The second kappa shape index (κ2) is 5.18. The Morgan fingerprint density at radius 2 is 2.17 bits per heavy atom. The summed E-state index contributed by atoms with van der Waals surface area (Å²) in [6.45, 7) is 0.941. The highest BCUT2D eigenvalue weighted by Gasteiger charge is 2.16. The van der Waals surface area contributed by atoms with Crippen molar-refractivity contribution in [3.63, 3.8) is 0 Å². The Balaban J connectivity index is 2.03. The summed E-state index contributed by atoms with van der Waals surface area (Å²) in [7, 11) is 1.69. The van der Waals surface area contributed by atoms with E-state index in [1.165, 1.54) is 0 Å². The van der Waals surface area contributed by atoms with Crippen LogP contribution >= 0.6 is 0 Å². The molecule has 5 nitrogen and oxygen atoms in total. The molecule has 1 aliphatic heterocycles. The Labute approximate surface area is 106 Å². The van der Waals surface area contributed by atoms with Gasteiger partial charge in [0.05, 0.1) is 19.7 Å². The molecule has 96 valence electrons. The third-order valence-corrected chi connectivity index (χ3v) is 2.85. The molecule has 0 spiro atoms. The van der Waals surface area contributed by atoms with Crippen molar-refractivity contribution in [2.75, 3.05) is 26.7 Å². The van der Waals surface area contributed by atoms with Gasteiger partial charge in [0.1, 0.15) is 5.75 Å². The summed E-state index contributed by atoms with van der Waals surface area (Å²) in [6, 6.07) is 5.44. The topological polar surface area (TPSA) is 72.6 Å². The summed E-state index contributed by atoms with van der Waals surface area (Å²) in [6.07, 6.45) is 0.841. The van der Waals surface area contributed by atoms with E-state index in [2.05, 4.69) is 0 Å². The van der Waals surface area contributed by atoms with Crippen LogP contribution in [0.2, 0.25) is 0 Å². The van der Waals surface area contributed by atoms with Crippen molar-refractivity contribution >= 4 is 11.7 Å². The lowest BCUT2D eigenvalue weighted by atomic mass is 10.1. The van der Waals surface area contributed by atoms with Crippen LogP contribution in [0.5, 0.6) is 5.75 Å². The van der Waals surface area contributed by atoms with Crippen molar-refractivity contribution in [3.8, 4) is 5.75 Å². The van der Waals surface area contributed by atoms with E-state index < -0.39 is 5.91 Å². The third-order valence-electron chi connectivity index (χ3n) is 2.85. The highest BCUT2D eigenvalue weighted by molar-refractivity contribution is 5.98. The second-order valence-electron chi connectivity index (χ2n) is 4.48. The van der Waals surface area contributed by atoms with E-state index in [1.54, 1.807) is 18.0 Å². The molecule has 0 saturated heterocycles. The Hall–Kier alpha value is -1.88. The molecule has 2 rings (SSSR count). The number of rotatable bonds is 5. The summed E-state index contributed by atoms with van der Waals surface area (Å²) >= 11 is 0. The number of likely N-dealkylation sites (N-methyl/N-ethyl adjacent to an activating group) is 1. The van der Waals surface area contributed by atoms with Crippen LogP contribution in [0, 0.1) is 0 Å². The minimum absolute atomic E-state index is 0.0200. The smallest absolute Gasteiger partial charge is 0.231 e. The van der Waals surface area contributed by atoms with Gasteiger partial charge >= 0.3 is 0 Å². The van der Waals surface area contributed by atoms with E-state index in [0.717, 1.165) is 17.7 Å². The number of fused-ring (bicyclic) bond motifs is 1. The number of nitrogens with two attached hydrogens (primary N) is 1. The van der Waals surface area contributed by atoms with Crippen LogP contribution < -0.4 is 10.5 Å². The standard InChI is InChI=1S/C13H16N2O3/c1-15(8-13(14)17)7-11(16)9-2-3-12-10(6-9)4-5-18-12/h2-3,6H,4-5,7-8H2,1H3,(H2,14,17). The summed E-state index contributed by atoms with van der Waals surface area (Å²) in [5.74, 6) is 0.401. The molecular formula is C13H16N2O3. The summed E-state index contributed by atoms with van der Waals surface area (Å²) in [4.78, 5) is 24.3. The van der Waals surface area contributed by atoms with Crippen molar-refractivity contribution in [1.82, 2.24) is 4.90 Å². The molecule has 1 aliphatic rings. The van der Waals surface area contributed by atoms with Gasteiger partial charge in [-0.25, -0.2) is 0 Å². The molecule has 0 saturated carbocycles. The SMILES string of the molecule is CN(CC(N)=O)CC(=O)c1ccc2c(c1)CCO2. The van der Waals surface area contributed by atoms with Crippen LogP contribution in [-0.4, -0.2) is 43.3 Å². The predicted molar refractivity (Wildman–Crippen MR) is 66.7 cm³/mol. The predicted octanol–water partition coefficient (Wildman–Crippen LogP) is 0.221. The number of benzene rings is 1. The lowest BCUT2D eigenvalue weighted by Gasteiger charge is -2.13. The minimum atomic E-state index is -0.437. The zero-order valence-electron chi connectivity index (χ0n) is 10.3. The van der Waals surface area contributed by atoms with Gasteiger partial charge in [-0.1, -0.05) is 0 Å². The zero-order chi connectivity index (χ0) is 13.1. The van der Waals surface area contributed by atoms with Crippen LogP contribution in [-0.2, 0) is 11.2 Å². The van der Waals surface area contributed by atoms with E-state index in [4.69, 9.17) is 10.5 Å². The first-order valence-corrected chi connectivity index (χ1v) is 5.82. The fraction of sp³-hybridized carbons (Fsp3) is 0.385. The maximum atomic E-state index is 12.0. The second-order valence-corrected chi connectivity index (χ2v) is 4.48. The summed E-state index contributed by atoms with van der Waals surface area (Å²) in [5, 5.41) is 0. The fourth-order valence-corrected chi connectivity index (χ4v) is 2.02. The summed E-state index contributed by atoms with van der Waals surface area (Å²) in [5.41, 5.74) is 6.79. The number of hydrogen-bond donors (Lipinski definition) is 1. The van der Waals surface area contributed by atoms with Gasteiger partial charge in [-0.2, -0.15) is 0 Å². The number of Topliss-reactive ketones (excluding diaryl/α,β-unsaturated/α-hetero) is 1. The van der Waals surface area contributed by atoms with E-state index in [9.17, 15) is 9.59 Å². The molecule has 2 N–H and O–H groups in total. The van der Waals surface area contributed by atoms with Gasteiger partial charge in [0.2, 0.25) is 5.91 Å². The Morgan fingerprint density at radius 1 is 1.39 bits per heavy atom. The number of amides is 1. The van der Waals surface area contributed by atoms with Gasteiger partial charge in [0, 0.05) is 12.0 Å². The van der Waals surface area contributed by atoms with Crippen LogP contribution in [0.25, 0.3) is 0 Å². The molecule has 0 fully saturated rings. The minimum Gasteiger partial charge on any atom is -0.493 e. The Morgan fingerprint density at radius 3 is 2.89 bits per heavy atom. The van der Waals surface area contributed by atoms with Crippen molar-refractivity contribution in [3.05, 3.63) is 29.3 Å². The largest absolute Gasteiger partial charge is 0.493 e. The van der Waals surface area contributed by atoms with E-state index in [-0.39, 0.29) is 18.9 Å². The number of ether oxygens (including phenoxy) is 1. The third kappa shape index (κ3) is 2.87. The van der Waals surface area contributed by atoms with E-state index in [0.29, 0.717) is 12.2 Å². The first-order chi connectivity index (χ1) is 8.56.